The van der Waals surface area contributed by atoms with Gasteiger partial charge in [-0.3, -0.25) is 24.0 Å². The molecule has 0 saturated heterocycles. The number of hydrogen-bond donors (Lipinski definition) is 2. The van der Waals surface area contributed by atoms with E-state index in [2.05, 4.69) is 10.3 Å². The summed E-state index contributed by atoms with van der Waals surface area (Å²) in [5.41, 5.74) is 11.0. The Kier molecular flexibility index (Phi) is 7.33. The number of benzene rings is 3. The van der Waals surface area contributed by atoms with Crippen molar-refractivity contribution in [1.82, 2.24) is 14.5 Å². The molecule has 5 aromatic rings. The van der Waals surface area contributed by atoms with Crippen LogP contribution < -0.4 is 21.5 Å². The van der Waals surface area contributed by atoms with Crippen LogP contribution in [0.3, 0.4) is 0 Å². The Morgan fingerprint density at radius 1 is 0.929 bits per heavy atom. The van der Waals surface area contributed by atoms with Crippen LogP contribution in [0.4, 0.5) is 16.0 Å². The summed E-state index contributed by atoms with van der Waals surface area (Å²) in [5, 5.41) is 3.24. The van der Waals surface area contributed by atoms with Crippen LogP contribution >= 0.6 is 0 Å². The first kappa shape index (κ1) is 27.0. The fraction of sp³-hybridized carbons (Fsp3) is 0.152. The summed E-state index contributed by atoms with van der Waals surface area (Å²) in [7, 11) is 1.62. The maximum atomic E-state index is 14.0. The van der Waals surface area contributed by atoms with E-state index in [9.17, 15) is 14.0 Å². The molecule has 0 aliphatic carbocycles. The number of halogens is 1. The van der Waals surface area contributed by atoms with Crippen molar-refractivity contribution in [3.8, 4) is 22.4 Å². The highest BCUT2D eigenvalue weighted by atomic mass is 19.1. The van der Waals surface area contributed by atoms with E-state index in [0.29, 0.717) is 41.3 Å². The predicted molar refractivity (Wildman–Crippen MR) is 162 cm³/mol. The molecule has 3 aromatic carbocycles. The summed E-state index contributed by atoms with van der Waals surface area (Å²) >= 11 is 0. The number of pyridine rings is 1. The van der Waals surface area contributed by atoms with Gasteiger partial charge in [-0.05, 0) is 52.9 Å². The lowest BCUT2D eigenvalue weighted by molar-refractivity contribution is 0.0997. The highest BCUT2D eigenvalue weighted by Gasteiger charge is 2.35. The van der Waals surface area contributed by atoms with Gasteiger partial charge in [-0.25, -0.2) is 9.37 Å². The molecule has 42 heavy (non-hydrogen) atoms. The van der Waals surface area contributed by atoms with E-state index in [4.69, 9.17) is 10.7 Å². The standard InChI is InChI=1S/C33H29FN6O2/c1-39-32(42)30(40-20-24-8-5-9-27(28(24)31(40)41)22-10-12-25(34)13-11-22)29(23-14-16-36-17-15-23)38-33(39)37-19-26(35)18-21-6-3-2-4-7-21/h2-17,26H,18-20,35H2,1H3,(H,37,38). The number of hydrogen-bond acceptors (Lipinski definition) is 6. The fourth-order valence-corrected chi connectivity index (χ4v) is 5.33. The molecule has 8 nitrogen and oxygen atoms in total. The van der Waals surface area contributed by atoms with Crippen molar-refractivity contribution >= 4 is 17.5 Å². The quantitative estimate of drug-likeness (QED) is 0.283. The molecule has 1 aliphatic heterocycles. The molecule has 3 heterocycles. The molecule has 1 amide bonds. The Morgan fingerprint density at radius 2 is 1.67 bits per heavy atom. The zero-order chi connectivity index (χ0) is 29.2. The minimum absolute atomic E-state index is 0.175. The Labute approximate surface area is 242 Å². The van der Waals surface area contributed by atoms with Crippen LogP contribution in [0.5, 0.6) is 0 Å². The van der Waals surface area contributed by atoms with E-state index in [-0.39, 0.29) is 35.6 Å². The second-order valence-electron chi connectivity index (χ2n) is 10.3. The van der Waals surface area contributed by atoms with Crippen LogP contribution in [0.25, 0.3) is 22.4 Å². The summed E-state index contributed by atoms with van der Waals surface area (Å²) in [4.78, 5) is 38.4. The first-order chi connectivity index (χ1) is 20.4. The van der Waals surface area contributed by atoms with Crippen LogP contribution in [-0.4, -0.2) is 33.0 Å². The van der Waals surface area contributed by atoms with Gasteiger partial charge in [-0.2, -0.15) is 0 Å². The van der Waals surface area contributed by atoms with Crippen molar-refractivity contribution in [2.24, 2.45) is 12.8 Å². The number of nitrogens with one attached hydrogen (secondary N) is 1. The molecule has 1 unspecified atom stereocenters. The maximum absolute atomic E-state index is 14.0. The van der Waals surface area contributed by atoms with Gasteiger partial charge in [0.15, 0.2) is 0 Å². The van der Waals surface area contributed by atoms with Crippen LogP contribution in [0, 0.1) is 5.82 Å². The zero-order valence-corrected chi connectivity index (χ0v) is 23.0. The molecule has 9 heteroatoms. The fourth-order valence-electron chi connectivity index (χ4n) is 5.33. The first-order valence-corrected chi connectivity index (χ1v) is 13.6. The molecule has 3 N–H and O–H groups in total. The molecular formula is C33H29FN6O2. The van der Waals surface area contributed by atoms with E-state index < -0.39 is 0 Å². The lowest BCUT2D eigenvalue weighted by Gasteiger charge is -2.22. The van der Waals surface area contributed by atoms with Crippen LogP contribution in [-0.2, 0) is 20.0 Å². The number of carbonyl (C=O) groups excluding carboxylic acids is 1. The highest BCUT2D eigenvalue weighted by molar-refractivity contribution is 6.15. The number of carbonyl (C=O) groups is 1. The normalized spacial score (nSPS) is 13.2. The number of aromatic nitrogens is 3. The summed E-state index contributed by atoms with van der Waals surface area (Å²) in [6.07, 6.45) is 3.90. The molecule has 0 spiro atoms. The molecule has 210 valence electrons. The van der Waals surface area contributed by atoms with Crippen molar-refractivity contribution in [3.05, 3.63) is 130 Å². The number of fused-ring (bicyclic) bond motifs is 1. The van der Waals surface area contributed by atoms with Gasteiger partial charge in [-0.15, -0.1) is 0 Å². The molecule has 6 rings (SSSR count). The van der Waals surface area contributed by atoms with Gasteiger partial charge in [-0.1, -0.05) is 60.7 Å². The van der Waals surface area contributed by atoms with Gasteiger partial charge < -0.3 is 11.1 Å². The largest absolute Gasteiger partial charge is 0.354 e. The summed E-state index contributed by atoms with van der Waals surface area (Å²) < 4.78 is 15.0. The van der Waals surface area contributed by atoms with Gasteiger partial charge in [0, 0.05) is 37.6 Å². The number of rotatable bonds is 8. The minimum Gasteiger partial charge on any atom is -0.354 e. The van der Waals surface area contributed by atoms with Gasteiger partial charge >= 0.3 is 0 Å². The van der Waals surface area contributed by atoms with Gasteiger partial charge in [0.05, 0.1) is 12.1 Å². The molecule has 0 saturated carbocycles. The minimum atomic E-state index is -0.375. The number of nitrogens with two attached hydrogens (primary N) is 1. The Hall–Kier alpha value is -5.15. The van der Waals surface area contributed by atoms with Crippen molar-refractivity contribution in [3.63, 3.8) is 0 Å². The van der Waals surface area contributed by atoms with Crippen LogP contribution in [0.1, 0.15) is 21.5 Å². The predicted octanol–water partition coefficient (Wildman–Crippen LogP) is 4.79. The third-order valence-electron chi connectivity index (χ3n) is 7.45. The molecule has 1 aliphatic rings. The smallest absolute Gasteiger partial charge is 0.279 e. The SMILES string of the molecule is Cn1c(NCC(N)Cc2ccccc2)nc(-c2ccncc2)c(N2Cc3cccc(-c4ccc(F)cc4)c3C2=O)c1=O. The Bertz CT molecular complexity index is 1810. The average molecular weight is 561 g/mol. The van der Waals surface area contributed by atoms with Crippen LogP contribution in [0.2, 0.25) is 0 Å². The van der Waals surface area contributed by atoms with E-state index >= 15 is 0 Å². The van der Waals surface area contributed by atoms with Crippen molar-refractivity contribution < 1.29 is 9.18 Å². The van der Waals surface area contributed by atoms with Gasteiger partial charge in [0.2, 0.25) is 5.95 Å². The first-order valence-electron chi connectivity index (χ1n) is 13.6. The molecule has 0 fully saturated rings. The number of anilines is 2. The summed E-state index contributed by atoms with van der Waals surface area (Å²) in [5.74, 6) is -0.328. The van der Waals surface area contributed by atoms with E-state index in [0.717, 1.165) is 16.7 Å². The summed E-state index contributed by atoms with van der Waals surface area (Å²) in [6.45, 7) is 0.590. The second-order valence-corrected chi connectivity index (χ2v) is 10.3. The Balaban J connectivity index is 1.37. The third-order valence-corrected chi connectivity index (χ3v) is 7.45. The summed E-state index contributed by atoms with van der Waals surface area (Å²) in [6, 6.07) is 24.8. The van der Waals surface area contributed by atoms with Gasteiger partial charge in [0.1, 0.15) is 17.2 Å². The van der Waals surface area contributed by atoms with Crippen molar-refractivity contribution in [2.75, 3.05) is 16.8 Å². The lowest BCUT2D eigenvalue weighted by atomic mass is 9.97. The third kappa shape index (κ3) is 5.17. The van der Waals surface area contributed by atoms with E-state index in [1.54, 1.807) is 43.7 Å². The highest BCUT2D eigenvalue weighted by Crippen LogP contribution is 2.37. The number of amides is 1. The maximum Gasteiger partial charge on any atom is 0.279 e. The van der Waals surface area contributed by atoms with Crippen molar-refractivity contribution in [2.45, 2.75) is 19.0 Å². The molecule has 2 aromatic heterocycles. The molecule has 0 bridgehead atoms. The second kappa shape index (κ2) is 11.4. The number of nitrogens with zero attached hydrogens (tertiary/aromatic N) is 4. The average Bonchev–Trinajstić information content (AvgIpc) is 3.35. The van der Waals surface area contributed by atoms with Crippen LogP contribution in [0.15, 0.2) is 102 Å². The molecule has 0 radical (unpaired) electrons. The zero-order valence-electron chi connectivity index (χ0n) is 23.0. The van der Waals surface area contributed by atoms with E-state index in [1.807, 2.05) is 48.5 Å². The topological polar surface area (TPSA) is 106 Å². The Morgan fingerprint density at radius 3 is 2.40 bits per heavy atom. The monoisotopic (exact) mass is 560 g/mol. The molecular weight excluding hydrogens is 531 g/mol. The van der Waals surface area contributed by atoms with Crippen molar-refractivity contribution in [1.29, 1.82) is 0 Å². The van der Waals surface area contributed by atoms with Gasteiger partial charge in [0.25, 0.3) is 11.5 Å². The molecule has 1 atom stereocenters. The lowest BCUT2D eigenvalue weighted by Crippen LogP contribution is -2.36. The van der Waals surface area contributed by atoms with E-state index in [1.165, 1.54) is 21.6 Å².